The zero-order valence-electron chi connectivity index (χ0n) is 10.7. The maximum absolute atomic E-state index is 12.4. The summed E-state index contributed by atoms with van der Waals surface area (Å²) in [6.07, 6.45) is 1.07. The van der Waals surface area contributed by atoms with E-state index in [2.05, 4.69) is 13.8 Å². The van der Waals surface area contributed by atoms with Crippen LogP contribution < -0.4 is 0 Å². The Labute approximate surface area is 108 Å². The summed E-state index contributed by atoms with van der Waals surface area (Å²) in [6.45, 7) is 5.31. The summed E-state index contributed by atoms with van der Waals surface area (Å²) in [5.74, 6) is 0.857. The number of hydrogen-bond acceptors (Lipinski definition) is 3. The number of phenolic OH excluding ortho intramolecular Hbond substituents is 1. The Bertz CT molecular complexity index is 500. The summed E-state index contributed by atoms with van der Waals surface area (Å²) in [7, 11) is -3.42. The van der Waals surface area contributed by atoms with Crippen LogP contribution in [0.3, 0.4) is 0 Å². The Morgan fingerprint density at radius 2 is 1.61 bits per heavy atom. The Morgan fingerprint density at radius 3 is 2.11 bits per heavy atom. The molecule has 1 fully saturated rings. The minimum Gasteiger partial charge on any atom is -0.508 e. The van der Waals surface area contributed by atoms with Gasteiger partial charge in [0.25, 0.3) is 0 Å². The smallest absolute Gasteiger partial charge is 0.243 e. The highest BCUT2D eigenvalue weighted by Gasteiger charge is 2.31. The Balaban J connectivity index is 2.28. The van der Waals surface area contributed by atoms with Crippen molar-refractivity contribution in [2.24, 2.45) is 11.8 Å². The molecule has 2 atom stereocenters. The van der Waals surface area contributed by atoms with E-state index in [1.54, 1.807) is 4.31 Å². The maximum atomic E-state index is 12.4. The lowest BCUT2D eigenvalue weighted by Crippen LogP contribution is -2.42. The first kappa shape index (κ1) is 13.4. The minimum atomic E-state index is -3.42. The molecule has 0 amide bonds. The molecule has 1 heterocycles. The van der Waals surface area contributed by atoms with E-state index in [-0.39, 0.29) is 10.6 Å². The molecule has 2 unspecified atom stereocenters. The van der Waals surface area contributed by atoms with E-state index in [9.17, 15) is 13.5 Å². The minimum absolute atomic E-state index is 0.0781. The van der Waals surface area contributed by atoms with E-state index in [0.717, 1.165) is 6.42 Å². The van der Waals surface area contributed by atoms with Gasteiger partial charge in [-0.1, -0.05) is 13.8 Å². The topological polar surface area (TPSA) is 57.6 Å². The van der Waals surface area contributed by atoms with E-state index >= 15 is 0 Å². The predicted molar refractivity (Wildman–Crippen MR) is 69.8 cm³/mol. The van der Waals surface area contributed by atoms with Crippen molar-refractivity contribution in [1.29, 1.82) is 0 Å². The number of sulfonamides is 1. The van der Waals surface area contributed by atoms with Crippen LogP contribution in [0.1, 0.15) is 20.3 Å². The summed E-state index contributed by atoms with van der Waals surface area (Å²) < 4.78 is 26.4. The molecule has 2 rings (SSSR count). The molecule has 0 bridgehead atoms. The fraction of sp³-hybridized carbons (Fsp3) is 0.538. The molecular weight excluding hydrogens is 250 g/mol. The summed E-state index contributed by atoms with van der Waals surface area (Å²) in [5, 5.41) is 9.21. The standard InChI is InChI=1S/C13H19NO3S/c1-10-7-11(2)9-14(8-10)18(16,17)13-5-3-12(15)4-6-13/h3-6,10-11,15H,7-9H2,1-2H3. The summed E-state index contributed by atoms with van der Waals surface area (Å²) in [5.41, 5.74) is 0. The molecule has 1 aromatic carbocycles. The van der Waals surface area contributed by atoms with Crippen LogP contribution in [-0.2, 0) is 10.0 Å². The highest BCUT2D eigenvalue weighted by molar-refractivity contribution is 7.89. The lowest BCUT2D eigenvalue weighted by atomic mass is 9.94. The molecule has 4 nitrogen and oxygen atoms in total. The number of rotatable bonds is 2. The molecule has 1 saturated heterocycles. The monoisotopic (exact) mass is 269 g/mol. The number of benzene rings is 1. The number of piperidine rings is 1. The van der Waals surface area contributed by atoms with Gasteiger partial charge < -0.3 is 5.11 Å². The van der Waals surface area contributed by atoms with Crippen LogP contribution in [0.25, 0.3) is 0 Å². The van der Waals surface area contributed by atoms with Crippen molar-refractivity contribution in [2.75, 3.05) is 13.1 Å². The second kappa shape index (κ2) is 4.90. The molecule has 0 aromatic heterocycles. The average Bonchev–Trinajstić information content (AvgIpc) is 2.28. The second-order valence-corrected chi connectivity index (χ2v) is 7.20. The predicted octanol–water partition coefficient (Wildman–Crippen LogP) is 2.06. The van der Waals surface area contributed by atoms with Crippen molar-refractivity contribution in [3.8, 4) is 5.75 Å². The fourth-order valence-electron chi connectivity index (χ4n) is 2.57. The van der Waals surface area contributed by atoms with E-state index in [0.29, 0.717) is 24.9 Å². The van der Waals surface area contributed by atoms with Gasteiger partial charge in [-0.25, -0.2) is 8.42 Å². The van der Waals surface area contributed by atoms with Gasteiger partial charge in [0, 0.05) is 13.1 Å². The molecule has 0 radical (unpaired) electrons. The third kappa shape index (κ3) is 2.67. The molecule has 0 aliphatic carbocycles. The normalized spacial score (nSPS) is 26.1. The molecule has 1 aliphatic rings. The molecule has 100 valence electrons. The number of nitrogens with zero attached hydrogens (tertiary/aromatic N) is 1. The lowest BCUT2D eigenvalue weighted by Gasteiger charge is -2.34. The van der Waals surface area contributed by atoms with Crippen molar-refractivity contribution in [3.63, 3.8) is 0 Å². The van der Waals surface area contributed by atoms with Crippen molar-refractivity contribution in [2.45, 2.75) is 25.2 Å². The third-order valence-electron chi connectivity index (χ3n) is 3.31. The third-order valence-corrected chi connectivity index (χ3v) is 5.16. The van der Waals surface area contributed by atoms with E-state index in [1.807, 2.05) is 0 Å². The zero-order valence-corrected chi connectivity index (χ0v) is 11.5. The van der Waals surface area contributed by atoms with Crippen LogP contribution in [0.4, 0.5) is 0 Å². The van der Waals surface area contributed by atoms with Gasteiger partial charge in [0.15, 0.2) is 0 Å². The average molecular weight is 269 g/mol. The van der Waals surface area contributed by atoms with Gasteiger partial charge in [-0.05, 0) is 42.5 Å². The molecule has 1 aromatic rings. The Morgan fingerprint density at radius 1 is 1.11 bits per heavy atom. The van der Waals surface area contributed by atoms with Crippen LogP contribution in [0, 0.1) is 11.8 Å². The molecule has 0 saturated carbocycles. The van der Waals surface area contributed by atoms with Crippen LogP contribution >= 0.6 is 0 Å². The van der Waals surface area contributed by atoms with Gasteiger partial charge >= 0.3 is 0 Å². The first-order valence-corrected chi connectivity index (χ1v) is 7.63. The van der Waals surface area contributed by atoms with Gasteiger partial charge in [0.1, 0.15) is 5.75 Å². The zero-order chi connectivity index (χ0) is 13.3. The van der Waals surface area contributed by atoms with Crippen molar-refractivity contribution >= 4 is 10.0 Å². The first-order chi connectivity index (χ1) is 8.39. The van der Waals surface area contributed by atoms with Crippen LogP contribution in [0.5, 0.6) is 5.75 Å². The van der Waals surface area contributed by atoms with Crippen LogP contribution in [0.2, 0.25) is 0 Å². The quantitative estimate of drug-likeness (QED) is 0.894. The van der Waals surface area contributed by atoms with Crippen LogP contribution in [0.15, 0.2) is 29.2 Å². The van der Waals surface area contributed by atoms with E-state index in [4.69, 9.17) is 0 Å². The van der Waals surface area contributed by atoms with Gasteiger partial charge in [0.2, 0.25) is 10.0 Å². The molecule has 18 heavy (non-hydrogen) atoms. The van der Waals surface area contributed by atoms with E-state index in [1.165, 1.54) is 24.3 Å². The lowest BCUT2D eigenvalue weighted by molar-refractivity contribution is 0.222. The Hall–Kier alpha value is -1.07. The largest absolute Gasteiger partial charge is 0.508 e. The molecular formula is C13H19NO3S. The van der Waals surface area contributed by atoms with Crippen LogP contribution in [-0.4, -0.2) is 30.9 Å². The van der Waals surface area contributed by atoms with Crippen molar-refractivity contribution < 1.29 is 13.5 Å². The van der Waals surface area contributed by atoms with Gasteiger partial charge in [-0.15, -0.1) is 0 Å². The second-order valence-electron chi connectivity index (χ2n) is 5.26. The van der Waals surface area contributed by atoms with Crippen molar-refractivity contribution in [3.05, 3.63) is 24.3 Å². The fourth-order valence-corrected chi connectivity index (χ4v) is 4.25. The highest BCUT2D eigenvalue weighted by Crippen LogP contribution is 2.27. The molecule has 1 aliphatic heterocycles. The van der Waals surface area contributed by atoms with Gasteiger partial charge in [-0.3, -0.25) is 0 Å². The number of hydrogen-bond donors (Lipinski definition) is 1. The Kier molecular flexibility index (Phi) is 3.64. The van der Waals surface area contributed by atoms with Crippen molar-refractivity contribution in [1.82, 2.24) is 4.31 Å². The number of aromatic hydroxyl groups is 1. The first-order valence-electron chi connectivity index (χ1n) is 6.19. The summed E-state index contributed by atoms with van der Waals surface area (Å²) in [4.78, 5) is 0.251. The SMILES string of the molecule is CC1CC(C)CN(S(=O)(=O)c2ccc(O)cc2)C1. The highest BCUT2D eigenvalue weighted by atomic mass is 32.2. The summed E-state index contributed by atoms with van der Waals surface area (Å²) >= 11 is 0. The molecule has 0 spiro atoms. The number of phenols is 1. The van der Waals surface area contributed by atoms with Gasteiger partial charge in [-0.2, -0.15) is 4.31 Å². The molecule has 1 N–H and O–H groups in total. The van der Waals surface area contributed by atoms with E-state index < -0.39 is 10.0 Å². The maximum Gasteiger partial charge on any atom is 0.243 e. The summed E-state index contributed by atoms with van der Waals surface area (Å²) in [6, 6.07) is 5.72. The van der Waals surface area contributed by atoms with Gasteiger partial charge in [0.05, 0.1) is 4.90 Å². The molecule has 5 heteroatoms.